The average Bonchev–Trinajstić information content (AvgIpc) is 2.73. The van der Waals surface area contributed by atoms with E-state index in [1.54, 1.807) is 0 Å². The lowest BCUT2D eigenvalue weighted by molar-refractivity contribution is -0.125. The van der Waals surface area contributed by atoms with Crippen LogP contribution in [-0.2, 0) is 4.79 Å². The van der Waals surface area contributed by atoms with Crippen molar-refractivity contribution in [2.24, 2.45) is 0 Å². The van der Waals surface area contributed by atoms with Crippen LogP contribution in [0.15, 0.2) is 30.3 Å². The van der Waals surface area contributed by atoms with Crippen LogP contribution >= 0.6 is 0 Å². The van der Waals surface area contributed by atoms with E-state index in [4.69, 9.17) is 0 Å². The molecule has 3 aliphatic heterocycles. The molecule has 1 aromatic rings. The molecule has 0 aliphatic carbocycles. The Morgan fingerprint density at radius 1 is 1.05 bits per heavy atom. The van der Waals surface area contributed by atoms with E-state index in [2.05, 4.69) is 39.8 Å². The van der Waals surface area contributed by atoms with Gasteiger partial charge in [-0.3, -0.25) is 10.1 Å². The first-order chi connectivity index (χ1) is 10.2. The summed E-state index contributed by atoms with van der Waals surface area (Å²) in [5.74, 6) is -0.142. The van der Waals surface area contributed by atoms with Crippen LogP contribution in [0.2, 0.25) is 0 Å². The fourth-order valence-corrected chi connectivity index (χ4v) is 4.29. The van der Waals surface area contributed by atoms with Gasteiger partial charge >= 0.3 is 6.03 Å². The lowest BCUT2D eigenvalue weighted by Crippen LogP contribution is -2.64. The van der Waals surface area contributed by atoms with Crippen molar-refractivity contribution >= 4 is 17.6 Å². The summed E-state index contributed by atoms with van der Waals surface area (Å²) in [6, 6.07) is 10.7. The largest absolute Gasteiger partial charge is 0.365 e. The summed E-state index contributed by atoms with van der Waals surface area (Å²) in [6.07, 6.45) is 4.77. The molecule has 3 fully saturated rings. The molecular weight excluding hydrogens is 266 g/mol. The van der Waals surface area contributed by atoms with Crippen LogP contribution in [0.5, 0.6) is 0 Å². The molecule has 5 nitrogen and oxygen atoms in total. The highest BCUT2D eigenvalue weighted by Gasteiger charge is 2.54. The summed E-state index contributed by atoms with van der Waals surface area (Å²) in [5.41, 5.74) is 0.546. The second-order valence-electron chi connectivity index (χ2n) is 6.38. The first kappa shape index (κ1) is 12.7. The number of nitrogens with one attached hydrogen (secondary N) is 2. The molecule has 0 unspecified atom stereocenters. The number of imide groups is 1. The lowest BCUT2D eigenvalue weighted by atomic mass is 9.73. The van der Waals surface area contributed by atoms with E-state index < -0.39 is 5.54 Å². The van der Waals surface area contributed by atoms with Crippen molar-refractivity contribution in [2.75, 3.05) is 4.90 Å². The van der Waals surface area contributed by atoms with Gasteiger partial charge in [0.05, 0.1) is 0 Å². The number of piperidine rings is 2. The maximum absolute atomic E-state index is 12.2. The molecule has 0 radical (unpaired) electrons. The minimum atomic E-state index is -0.682. The molecule has 3 amide bonds. The lowest BCUT2D eigenvalue weighted by Gasteiger charge is -2.52. The molecule has 3 heterocycles. The van der Waals surface area contributed by atoms with Gasteiger partial charge in [0, 0.05) is 17.8 Å². The number of carbonyl (C=O) groups is 2. The van der Waals surface area contributed by atoms with Gasteiger partial charge in [0.2, 0.25) is 0 Å². The van der Waals surface area contributed by atoms with Gasteiger partial charge < -0.3 is 10.2 Å². The number of benzene rings is 1. The number of nitrogens with zero attached hydrogens (tertiary/aromatic N) is 1. The van der Waals surface area contributed by atoms with Crippen molar-refractivity contribution in [3.63, 3.8) is 0 Å². The quantitative estimate of drug-likeness (QED) is 0.773. The topological polar surface area (TPSA) is 61.4 Å². The number of urea groups is 1. The van der Waals surface area contributed by atoms with E-state index in [0.29, 0.717) is 24.9 Å². The molecule has 1 spiro atoms. The van der Waals surface area contributed by atoms with Crippen molar-refractivity contribution in [3.8, 4) is 0 Å². The number of carbonyl (C=O) groups excluding carboxylic acids is 2. The Kier molecular flexibility index (Phi) is 2.71. The first-order valence-corrected chi connectivity index (χ1v) is 7.65. The van der Waals surface area contributed by atoms with Crippen LogP contribution in [0, 0.1) is 0 Å². The summed E-state index contributed by atoms with van der Waals surface area (Å²) in [4.78, 5) is 26.2. The Morgan fingerprint density at radius 2 is 1.71 bits per heavy atom. The third kappa shape index (κ3) is 1.91. The molecular formula is C16H19N3O2. The van der Waals surface area contributed by atoms with E-state index in [1.807, 2.05) is 6.07 Å². The van der Waals surface area contributed by atoms with Crippen molar-refractivity contribution in [3.05, 3.63) is 30.3 Å². The summed E-state index contributed by atoms with van der Waals surface area (Å²) in [5, 5.41) is 5.31. The van der Waals surface area contributed by atoms with E-state index >= 15 is 0 Å². The molecule has 2 atom stereocenters. The van der Waals surface area contributed by atoms with E-state index in [9.17, 15) is 9.59 Å². The standard InChI is InChI=1S/C16H19N3O2/c20-14-16(18-15(21)17-14)9-12-7-4-8-13(10-16)19(12)11-5-2-1-3-6-11/h1-3,5-6,12-13H,4,7-10H2,(H2,17,18,20,21)/t12-,13-/m1/s1. The SMILES string of the molecule is O=C1NC(=O)C2(C[C@H]3CCC[C@H](C2)N3c2ccccc2)N1. The van der Waals surface area contributed by atoms with Crippen LogP contribution in [0.1, 0.15) is 32.1 Å². The van der Waals surface area contributed by atoms with Gasteiger partial charge in [0.15, 0.2) is 0 Å². The van der Waals surface area contributed by atoms with Gasteiger partial charge in [-0.1, -0.05) is 18.2 Å². The van der Waals surface area contributed by atoms with Crippen molar-refractivity contribution in [2.45, 2.75) is 49.7 Å². The third-order valence-electron chi connectivity index (χ3n) is 5.10. The van der Waals surface area contributed by atoms with E-state index in [-0.39, 0.29) is 11.9 Å². The van der Waals surface area contributed by atoms with Crippen LogP contribution in [0.3, 0.4) is 0 Å². The van der Waals surface area contributed by atoms with Gasteiger partial charge in [-0.15, -0.1) is 0 Å². The normalized spacial score (nSPS) is 34.8. The third-order valence-corrected chi connectivity index (χ3v) is 5.10. The zero-order valence-corrected chi connectivity index (χ0v) is 11.8. The second kappa shape index (κ2) is 4.48. The molecule has 5 heteroatoms. The van der Waals surface area contributed by atoms with E-state index in [0.717, 1.165) is 12.8 Å². The molecule has 0 saturated carbocycles. The molecule has 2 N–H and O–H groups in total. The predicted molar refractivity (Wildman–Crippen MR) is 79.0 cm³/mol. The van der Waals surface area contributed by atoms with Crippen LogP contribution in [0.4, 0.5) is 10.5 Å². The van der Waals surface area contributed by atoms with Crippen molar-refractivity contribution < 1.29 is 9.59 Å². The minimum Gasteiger partial charge on any atom is -0.365 e. The maximum Gasteiger partial charge on any atom is 0.322 e. The molecule has 3 saturated heterocycles. The minimum absolute atomic E-state index is 0.142. The highest BCUT2D eigenvalue weighted by molar-refractivity contribution is 6.07. The Hall–Kier alpha value is -2.04. The molecule has 110 valence electrons. The predicted octanol–water partition coefficient (Wildman–Crippen LogP) is 1.79. The molecule has 3 aliphatic rings. The Morgan fingerprint density at radius 3 is 2.29 bits per heavy atom. The zero-order valence-electron chi connectivity index (χ0n) is 11.8. The Balaban J connectivity index is 1.67. The van der Waals surface area contributed by atoms with Crippen LogP contribution in [0.25, 0.3) is 0 Å². The fourth-order valence-electron chi connectivity index (χ4n) is 4.29. The number of fused-ring (bicyclic) bond motifs is 2. The van der Waals surface area contributed by atoms with Gasteiger partial charge in [-0.25, -0.2) is 4.79 Å². The summed E-state index contributed by atoms with van der Waals surface area (Å²) >= 11 is 0. The average molecular weight is 285 g/mol. The number of para-hydroxylation sites is 1. The van der Waals surface area contributed by atoms with Crippen molar-refractivity contribution in [1.29, 1.82) is 0 Å². The summed E-state index contributed by atoms with van der Waals surface area (Å²) in [7, 11) is 0. The monoisotopic (exact) mass is 285 g/mol. The number of amides is 3. The fraction of sp³-hybridized carbons (Fsp3) is 0.500. The summed E-state index contributed by atoms with van der Waals surface area (Å²) in [6.45, 7) is 0. The second-order valence-corrected chi connectivity index (χ2v) is 6.38. The Labute approximate surface area is 123 Å². The summed E-state index contributed by atoms with van der Waals surface area (Å²) < 4.78 is 0. The molecule has 4 rings (SSSR count). The highest BCUT2D eigenvalue weighted by Crippen LogP contribution is 2.42. The van der Waals surface area contributed by atoms with Crippen LogP contribution < -0.4 is 15.5 Å². The van der Waals surface area contributed by atoms with Gasteiger partial charge in [0.1, 0.15) is 5.54 Å². The first-order valence-electron chi connectivity index (χ1n) is 7.65. The molecule has 1 aromatic carbocycles. The van der Waals surface area contributed by atoms with Gasteiger partial charge in [-0.05, 0) is 44.2 Å². The molecule has 2 bridgehead atoms. The van der Waals surface area contributed by atoms with Crippen LogP contribution in [-0.4, -0.2) is 29.6 Å². The Bertz CT molecular complexity index is 572. The molecule has 0 aromatic heterocycles. The van der Waals surface area contributed by atoms with E-state index in [1.165, 1.54) is 12.1 Å². The van der Waals surface area contributed by atoms with Gasteiger partial charge in [-0.2, -0.15) is 0 Å². The van der Waals surface area contributed by atoms with Gasteiger partial charge in [0.25, 0.3) is 5.91 Å². The highest BCUT2D eigenvalue weighted by atomic mass is 16.2. The zero-order chi connectivity index (χ0) is 14.4. The van der Waals surface area contributed by atoms with Crippen molar-refractivity contribution in [1.82, 2.24) is 10.6 Å². The maximum atomic E-state index is 12.2. The number of rotatable bonds is 1. The number of anilines is 1. The molecule has 21 heavy (non-hydrogen) atoms. The number of hydrogen-bond acceptors (Lipinski definition) is 3. The number of hydrogen-bond donors (Lipinski definition) is 2. The smallest absolute Gasteiger partial charge is 0.322 e.